The molecule has 0 fully saturated rings. The first kappa shape index (κ1) is 12.8. The summed E-state index contributed by atoms with van der Waals surface area (Å²) < 4.78 is 5.12. The van der Waals surface area contributed by atoms with Crippen LogP contribution in [0.5, 0.6) is 0 Å². The van der Waals surface area contributed by atoms with Gasteiger partial charge in [-0.15, -0.1) is 6.42 Å². The van der Waals surface area contributed by atoms with Gasteiger partial charge in [0.05, 0.1) is 5.92 Å². The molecule has 0 spiro atoms. The SMILES string of the molecule is C#CC1C(C(C)=O)=CC=CC1OC(=C)C(=O)O. The molecule has 4 nitrogen and oxygen atoms in total. The number of hydrogen-bond acceptors (Lipinski definition) is 3. The molecule has 0 radical (unpaired) electrons. The Bertz CT molecular complexity index is 462. The number of Topliss-reactive ketones (excluding diaryl/α,β-unsaturated/α-hetero) is 1. The van der Waals surface area contributed by atoms with Crippen molar-refractivity contribution in [2.75, 3.05) is 0 Å². The van der Waals surface area contributed by atoms with Crippen LogP contribution in [0.15, 0.2) is 36.1 Å². The first-order valence-electron chi connectivity index (χ1n) is 4.91. The second-order valence-electron chi connectivity index (χ2n) is 3.52. The van der Waals surface area contributed by atoms with E-state index in [1.165, 1.54) is 6.92 Å². The number of carbonyl (C=O) groups is 2. The van der Waals surface area contributed by atoms with Crippen molar-refractivity contribution < 1.29 is 19.4 Å². The maximum atomic E-state index is 11.3. The highest BCUT2D eigenvalue weighted by Gasteiger charge is 2.28. The molecule has 0 aromatic rings. The third-order valence-electron chi connectivity index (χ3n) is 2.34. The molecule has 2 unspecified atom stereocenters. The van der Waals surface area contributed by atoms with Crippen LogP contribution in [0.2, 0.25) is 0 Å². The third-order valence-corrected chi connectivity index (χ3v) is 2.34. The molecule has 17 heavy (non-hydrogen) atoms. The van der Waals surface area contributed by atoms with E-state index < -0.39 is 23.8 Å². The van der Waals surface area contributed by atoms with Crippen LogP contribution in [0.1, 0.15) is 6.92 Å². The fourth-order valence-corrected chi connectivity index (χ4v) is 1.50. The van der Waals surface area contributed by atoms with Crippen molar-refractivity contribution in [1.82, 2.24) is 0 Å². The van der Waals surface area contributed by atoms with Crippen molar-refractivity contribution in [3.8, 4) is 12.3 Å². The number of ether oxygens (including phenoxy) is 1. The summed E-state index contributed by atoms with van der Waals surface area (Å²) in [7, 11) is 0. The van der Waals surface area contributed by atoms with E-state index in [0.29, 0.717) is 5.57 Å². The van der Waals surface area contributed by atoms with Crippen molar-refractivity contribution in [2.45, 2.75) is 13.0 Å². The lowest BCUT2D eigenvalue weighted by Crippen LogP contribution is -2.28. The lowest BCUT2D eigenvalue weighted by atomic mass is 9.87. The molecule has 0 aliphatic heterocycles. The van der Waals surface area contributed by atoms with Gasteiger partial charge in [-0.2, -0.15) is 0 Å². The van der Waals surface area contributed by atoms with E-state index in [9.17, 15) is 9.59 Å². The molecule has 1 aliphatic rings. The third kappa shape index (κ3) is 2.85. The average molecular weight is 232 g/mol. The molecule has 88 valence electrons. The van der Waals surface area contributed by atoms with Crippen LogP contribution >= 0.6 is 0 Å². The normalized spacial score (nSPS) is 22.2. The number of hydrogen-bond donors (Lipinski definition) is 1. The quantitative estimate of drug-likeness (QED) is 0.451. The van der Waals surface area contributed by atoms with Gasteiger partial charge < -0.3 is 9.84 Å². The summed E-state index contributed by atoms with van der Waals surface area (Å²) in [5.74, 6) is 0.0259. The molecular formula is C13H12O4. The molecule has 1 N–H and O–H groups in total. The Labute approximate surface area is 99.3 Å². The molecule has 0 amide bonds. The van der Waals surface area contributed by atoms with Crippen molar-refractivity contribution >= 4 is 11.8 Å². The van der Waals surface area contributed by atoms with Gasteiger partial charge in [0.1, 0.15) is 6.10 Å². The first-order chi connectivity index (χ1) is 7.97. The Morgan fingerprint density at radius 1 is 1.59 bits per heavy atom. The highest BCUT2D eigenvalue weighted by molar-refractivity contribution is 5.95. The van der Waals surface area contributed by atoms with E-state index in [-0.39, 0.29) is 5.78 Å². The Morgan fingerprint density at radius 3 is 2.71 bits per heavy atom. The minimum atomic E-state index is -1.26. The van der Waals surface area contributed by atoms with Gasteiger partial charge in [-0.25, -0.2) is 4.79 Å². The highest BCUT2D eigenvalue weighted by atomic mass is 16.5. The maximum absolute atomic E-state index is 11.3. The summed E-state index contributed by atoms with van der Waals surface area (Å²) in [6.45, 7) is 4.66. The number of aliphatic carboxylic acids is 1. The number of terminal acetylenes is 1. The van der Waals surface area contributed by atoms with Gasteiger partial charge in [0.15, 0.2) is 11.5 Å². The zero-order valence-electron chi connectivity index (χ0n) is 9.34. The van der Waals surface area contributed by atoms with E-state index in [0.717, 1.165) is 0 Å². The molecule has 4 heteroatoms. The van der Waals surface area contributed by atoms with Gasteiger partial charge in [0, 0.05) is 5.57 Å². The van der Waals surface area contributed by atoms with Gasteiger partial charge in [0.2, 0.25) is 0 Å². The summed E-state index contributed by atoms with van der Waals surface area (Å²) in [6.07, 6.45) is 9.49. The second kappa shape index (κ2) is 5.17. The van der Waals surface area contributed by atoms with Crippen LogP contribution in [0, 0.1) is 18.3 Å². The number of carboxylic acid groups (broad SMARTS) is 1. The zero-order chi connectivity index (χ0) is 13.0. The largest absolute Gasteiger partial charge is 0.478 e. The first-order valence-corrected chi connectivity index (χ1v) is 4.91. The summed E-state index contributed by atoms with van der Waals surface area (Å²) in [5, 5.41) is 8.66. The molecule has 1 rings (SSSR count). The van der Waals surface area contributed by atoms with Crippen LogP contribution in [0.4, 0.5) is 0 Å². The lowest BCUT2D eigenvalue weighted by Gasteiger charge is -2.24. The fourth-order valence-electron chi connectivity index (χ4n) is 1.50. The highest BCUT2D eigenvalue weighted by Crippen LogP contribution is 2.25. The Hall–Kier alpha value is -2.28. The maximum Gasteiger partial charge on any atom is 0.370 e. The molecule has 0 aromatic carbocycles. The molecule has 2 atom stereocenters. The molecule has 1 aliphatic carbocycles. The Balaban J connectivity index is 2.90. The smallest absolute Gasteiger partial charge is 0.370 e. The van der Waals surface area contributed by atoms with Gasteiger partial charge in [-0.3, -0.25) is 4.79 Å². The second-order valence-corrected chi connectivity index (χ2v) is 3.52. The molecule has 0 saturated carbocycles. The van der Waals surface area contributed by atoms with E-state index >= 15 is 0 Å². The summed E-state index contributed by atoms with van der Waals surface area (Å²) in [5.41, 5.74) is 0.429. The number of carboxylic acids is 1. The molecule has 0 aromatic heterocycles. The van der Waals surface area contributed by atoms with Crippen molar-refractivity contribution in [3.05, 3.63) is 36.1 Å². The number of allylic oxidation sites excluding steroid dienone is 2. The van der Waals surface area contributed by atoms with Crippen molar-refractivity contribution in [1.29, 1.82) is 0 Å². The van der Waals surface area contributed by atoms with E-state index in [1.54, 1.807) is 18.2 Å². The van der Waals surface area contributed by atoms with E-state index in [1.807, 2.05) is 0 Å². The minimum absolute atomic E-state index is 0.160. The van der Waals surface area contributed by atoms with Gasteiger partial charge >= 0.3 is 5.97 Å². The molecule has 0 saturated heterocycles. The number of rotatable bonds is 4. The number of ketones is 1. The van der Waals surface area contributed by atoms with Gasteiger partial charge in [0.25, 0.3) is 0 Å². The van der Waals surface area contributed by atoms with Crippen molar-refractivity contribution in [3.63, 3.8) is 0 Å². The van der Waals surface area contributed by atoms with E-state index in [2.05, 4.69) is 12.5 Å². The van der Waals surface area contributed by atoms with Crippen LogP contribution in [-0.2, 0) is 14.3 Å². The van der Waals surface area contributed by atoms with Gasteiger partial charge in [-0.1, -0.05) is 18.1 Å². The van der Waals surface area contributed by atoms with Crippen LogP contribution in [-0.4, -0.2) is 23.0 Å². The summed E-state index contributed by atoms with van der Waals surface area (Å²) in [4.78, 5) is 21.9. The summed E-state index contributed by atoms with van der Waals surface area (Å²) in [6, 6.07) is 0. The predicted molar refractivity (Wildman–Crippen MR) is 61.9 cm³/mol. The number of carbonyl (C=O) groups excluding carboxylic acids is 1. The standard InChI is InChI=1S/C13H12O4/c1-4-10-11(8(2)14)6-5-7-12(10)17-9(3)13(15)16/h1,5-7,10,12H,3H2,2H3,(H,15,16). The van der Waals surface area contributed by atoms with Gasteiger partial charge in [-0.05, 0) is 19.6 Å². The molecule has 0 heterocycles. The average Bonchev–Trinajstić information content (AvgIpc) is 2.28. The van der Waals surface area contributed by atoms with Crippen LogP contribution in [0.25, 0.3) is 0 Å². The summed E-state index contributed by atoms with van der Waals surface area (Å²) >= 11 is 0. The molecular weight excluding hydrogens is 220 g/mol. The monoisotopic (exact) mass is 232 g/mol. The zero-order valence-corrected chi connectivity index (χ0v) is 9.34. The Morgan fingerprint density at radius 2 is 2.24 bits per heavy atom. The van der Waals surface area contributed by atoms with Crippen LogP contribution in [0.3, 0.4) is 0 Å². The minimum Gasteiger partial charge on any atom is -0.478 e. The lowest BCUT2D eigenvalue weighted by molar-refractivity contribution is -0.137. The Kier molecular flexibility index (Phi) is 3.89. The topological polar surface area (TPSA) is 63.6 Å². The predicted octanol–water partition coefficient (Wildman–Crippen LogP) is 1.30. The van der Waals surface area contributed by atoms with Crippen molar-refractivity contribution in [2.24, 2.45) is 5.92 Å². The van der Waals surface area contributed by atoms with E-state index in [4.69, 9.17) is 16.3 Å². The van der Waals surface area contributed by atoms with Crippen LogP contribution < -0.4 is 0 Å². The fraction of sp³-hybridized carbons (Fsp3) is 0.231. The molecule has 0 bridgehead atoms.